The summed E-state index contributed by atoms with van der Waals surface area (Å²) in [6, 6.07) is 7.62. The van der Waals surface area contributed by atoms with E-state index in [0.29, 0.717) is 40.8 Å². The topological polar surface area (TPSA) is 78.8 Å². The molecule has 3 heterocycles. The lowest BCUT2D eigenvalue weighted by Gasteiger charge is -2.49. The third kappa shape index (κ3) is 5.76. The largest absolute Gasteiger partial charge is 0.423 e. The number of carbonyl (C=O) groups excluding carboxylic acids is 1. The molecule has 2 saturated heterocycles. The number of likely N-dealkylation sites (N-methyl/N-ethyl adjacent to an activating group) is 1. The molecule has 1 aromatic carbocycles. The zero-order chi connectivity index (χ0) is 19.8. The molecule has 2 aliphatic heterocycles. The van der Waals surface area contributed by atoms with E-state index < -0.39 is 5.91 Å². The number of rotatable bonds is 6. The van der Waals surface area contributed by atoms with Crippen molar-refractivity contribution in [3.63, 3.8) is 0 Å². The summed E-state index contributed by atoms with van der Waals surface area (Å²) in [4.78, 5) is 23.6. The molecule has 2 aliphatic rings. The van der Waals surface area contributed by atoms with Crippen LogP contribution in [-0.4, -0.2) is 73.0 Å². The second kappa shape index (κ2) is 11.6. The molecule has 0 radical (unpaired) electrons. The number of carbonyl (C=O) groups is 1. The zero-order valence-corrected chi connectivity index (χ0v) is 20.8. The van der Waals surface area contributed by atoms with Crippen LogP contribution in [0.25, 0.3) is 11.1 Å². The van der Waals surface area contributed by atoms with E-state index in [9.17, 15) is 4.79 Å². The summed E-state index contributed by atoms with van der Waals surface area (Å²) in [6.45, 7) is 1.77. The Labute approximate surface area is 202 Å². The number of aromatic nitrogens is 1. The lowest BCUT2D eigenvalue weighted by Crippen LogP contribution is -2.56. The van der Waals surface area contributed by atoms with Crippen molar-refractivity contribution in [3.8, 4) is 0 Å². The van der Waals surface area contributed by atoms with E-state index in [4.69, 9.17) is 15.1 Å². The van der Waals surface area contributed by atoms with Gasteiger partial charge >= 0.3 is 0 Å². The zero-order valence-electron chi connectivity index (χ0n) is 18.3. The Bertz CT molecular complexity index is 849. The van der Waals surface area contributed by atoms with E-state index in [-0.39, 0.29) is 37.2 Å². The van der Waals surface area contributed by atoms with Gasteiger partial charge in [-0.15, -0.1) is 37.2 Å². The van der Waals surface area contributed by atoms with Gasteiger partial charge in [-0.1, -0.05) is 12.5 Å². The Hall–Kier alpha value is -1.25. The van der Waals surface area contributed by atoms with Crippen molar-refractivity contribution in [1.29, 1.82) is 0 Å². The molecule has 4 rings (SSSR count). The average Bonchev–Trinajstić information content (AvgIpc) is 3.05. The molecule has 2 unspecified atom stereocenters. The number of piperidine rings is 2. The van der Waals surface area contributed by atoms with Crippen molar-refractivity contribution in [1.82, 2.24) is 14.8 Å². The molecule has 2 bridgehead atoms. The maximum absolute atomic E-state index is 11.8. The molecule has 0 aliphatic carbocycles. The number of oxazole rings is 1. The number of hydrogen-bond donors (Lipinski definition) is 1. The molecule has 1 amide bonds. The normalized spacial score (nSPS) is 22.9. The molecule has 7 nitrogen and oxygen atoms in total. The van der Waals surface area contributed by atoms with Crippen LogP contribution in [0.3, 0.4) is 0 Å². The number of hydrogen-bond acceptors (Lipinski definition) is 6. The molecular weight excluding hydrogens is 461 g/mol. The number of nitrogens with two attached hydrogens (primary N) is 1. The Morgan fingerprint density at radius 1 is 1.16 bits per heavy atom. The molecule has 176 valence electrons. The highest BCUT2D eigenvalue weighted by molar-refractivity contribution is 6.03. The third-order valence-corrected chi connectivity index (χ3v) is 6.46. The number of nitrogens with zero attached hydrogens (tertiary/aromatic N) is 4. The first-order chi connectivity index (χ1) is 13.4. The van der Waals surface area contributed by atoms with Crippen molar-refractivity contribution < 1.29 is 9.21 Å². The second-order valence-electron chi connectivity index (χ2n) is 8.54. The van der Waals surface area contributed by atoms with E-state index in [0.717, 1.165) is 25.9 Å². The summed E-state index contributed by atoms with van der Waals surface area (Å²) in [5.74, 6) is -0.473. The van der Waals surface area contributed by atoms with Crippen LogP contribution in [0.15, 0.2) is 22.6 Å². The highest BCUT2D eigenvalue weighted by Crippen LogP contribution is 2.37. The molecule has 2 N–H and O–H groups in total. The van der Waals surface area contributed by atoms with Gasteiger partial charge < -0.3 is 24.9 Å². The van der Waals surface area contributed by atoms with Crippen LogP contribution in [0.5, 0.6) is 0 Å². The monoisotopic (exact) mass is 493 g/mol. The number of para-hydroxylation sites is 1. The minimum Gasteiger partial charge on any atom is -0.423 e. The van der Waals surface area contributed by atoms with Gasteiger partial charge in [-0.05, 0) is 59.0 Å². The Kier molecular flexibility index (Phi) is 10.4. The van der Waals surface area contributed by atoms with Crippen LogP contribution >= 0.6 is 37.2 Å². The molecule has 1 aromatic heterocycles. The molecule has 2 atom stereocenters. The van der Waals surface area contributed by atoms with Crippen LogP contribution in [0.2, 0.25) is 0 Å². The minimum absolute atomic E-state index is 0. The van der Waals surface area contributed by atoms with Gasteiger partial charge in [0.25, 0.3) is 11.9 Å². The molecule has 10 heteroatoms. The van der Waals surface area contributed by atoms with Gasteiger partial charge in [0.05, 0.1) is 5.56 Å². The Balaban J connectivity index is 0.00000160. The summed E-state index contributed by atoms with van der Waals surface area (Å²) >= 11 is 0. The van der Waals surface area contributed by atoms with Crippen molar-refractivity contribution >= 4 is 60.2 Å². The molecule has 0 spiro atoms. The Morgan fingerprint density at radius 3 is 2.39 bits per heavy atom. The van der Waals surface area contributed by atoms with E-state index in [1.54, 1.807) is 12.1 Å². The highest BCUT2D eigenvalue weighted by atomic mass is 35.5. The maximum Gasteiger partial charge on any atom is 0.298 e. The second-order valence-corrected chi connectivity index (χ2v) is 8.54. The van der Waals surface area contributed by atoms with E-state index in [1.807, 2.05) is 6.07 Å². The van der Waals surface area contributed by atoms with Crippen LogP contribution in [0.1, 0.15) is 42.5 Å². The fourth-order valence-electron chi connectivity index (χ4n) is 4.84. The number of amides is 1. The van der Waals surface area contributed by atoms with Crippen LogP contribution in [0.4, 0.5) is 6.01 Å². The van der Waals surface area contributed by atoms with Crippen molar-refractivity contribution in [2.45, 2.75) is 50.2 Å². The van der Waals surface area contributed by atoms with Gasteiger partial charge in [-0.2, -0.15) is 4.98 Å². The van der Waals surface area contributed by atoms with E-state index >= 15 is 0 Å². The quantitative estimate of drug-likeness (QED) is 0.661. The summed E-state index contributed by atoms with van der Waals surface area (Å²) in [6.07, 6.45) is 6.12. The first-order valence-electron chi connectivity index (χ1n) is 10.3. The van der Waals surface area contributed by atoms with E-state index in [1.165, 1.54) is 19.3 Å². The van der Waals surface area contributed by atoms with Gasteiger partial charge in [0.2, 0.25) is 0 Å². The number of fused-ring (bicyclic) bond motifs is 3. The first kappa shape index (κ1) is 27.8. The fourth-order valence-corrected chi connectivity index (χ4v) is 4.84. The van der Waals surface area contributed by atoms with Gasteiger partial charge in [-0.3, -0.25) is 4.79 Å². The molecular formula is C21H34Cl3N5O2. The maximum atomic E-state index is 11.8. The average molecular weight is 495 g/mol. The van der Waals surface area contributed by atoms with Gasteiger partial charge in [0.1, 0.15) is 5.52 Å². The fraction of sp³-hybridized carbons (Fsp3) is 0.619. The first-order valence-corrected chi connectivity index (χ1v) is 10.3. The van der Waals surface area contributed by atoms with Crippen molar-refractivity contribution in [2.24, 2.45) is 5.73 Å². The van der Waals surface area contributed by atoms with Crippen LogP contribution in [-0.2, 0) is 0 Å². The smallest absolute Gasteiger partial charge is 0.298 e. The number of anilines is 1. The van der Waals surface area contributed by atoms with Crippen molar-refractivity contribution in [3.05, 3.63) is 23.8 Å². The van der Waals surface area contributed by atoms with E-state index in [2.05, 4.69) is 35.8 Å². The lowest BCUT2D eigenvalue weighted by atomic mass is 9.81. The predicted octanol–water partition coefficient (Wildman–Crippen LogP) is 3.58. The molecule has 0 saturated carbocycles. The van der Waals surface area contributed by atoms with Crippen LogP contribution in [0, 0.1) is 0 Å². The number of benzene rings is 1. The summed E-state index contributed by atoms with van der Waals surface area (Å²) in [5, 5.41) is 0. The Morgan fingerprint density at radius 2 is 1.81 bits per heavy atom. The summed E-state index contributed by atoms with van der Waals surface area (Å²) in [5.41, 5.74) is 7.14. The molecule has 2 fully saturated rings. The lowest BCUT2D eigenvalue weighted by molar-refractivity contribution is 0.0538. The highest BCUT2D eigenvalue weighted by Gasteiger charge is 2.39. The molecule has 31 heavy (non-hydrogen) atoms. The van der Waals surface area contributed by atoms with Gasteiger partial charge in [0.15, 0.2) is 5.58 Å². The van der Waals surface area contributed by atoms with Gasteiger partial charge in [0, 0.05) is 31.2 Å². The molecule has 2 aromatic rings. The van der Waals surface area contributed by atoms with Crippen molar-refractivity contribution in [2.75, 3.05) is 39.1 Å². The SMILES string of the molecule is CN(C)CCN(c1nc2c(C(N)=O)cccc2o1)C1CC2CCCC(C1)N2C.Cl.Cl.Cl. The standard InChI is InChI=1S/C21H31N5O2.3ClH/c1-24(2)10-11-26(16-12-14-6-4-7-15(13-16)25(14)3)21-23-19-17(20(22)27)8-5-9-18(19)28-21;;;/h5,8-9,14-16H,4,6-7,10-13H2,1-3H3,(H2,22,27);3*1H. The third-order valence-electron chi connectivity index (χ3n) is 6.46. The minimum atomic E-state index is -0.473. The van der Waals surface area contributed by atoms with Gasteiger partial charge in [-0.25, -0.2) is 0 Å². The summed E-state index contributed by atoms with van der Waals surface area (Å²) in [7, 11) is 6.44. The summed E-state index contributed by atoms with van der Waals surface area (Å²) < 4.78 is 6.13. The number of halogens is 3. The van der Waals surface area contributed by atoms with Crippen LogP contribution < -0.4 is 10.6 Å². The number of primary amides is 1. The predicted molar refractivity (Wildman–Crippen MR) is 132 cm³/mol.